The molecule has 1 amide bonds. The fourth-order valence-corrected chi connectivity index (χ4v) is 5.79. The maximum Gasteiger partial charge on any atom is 0.409 e. The van der Waals surface area contributed by atoms with Gasteiger partial charge in [0, 0.05) is 12.6 Å². The number of benzene rings is 1. The van der Waals surface area contributed by atoms with E-state index in [9.17, 15) is 9.90 Å². The lowest BCUT2D eigenvalue weighted by atomic mass is 9.73. The van der Waals surface area contributed by atoms with Crippen LogP contribution in [0, 0.1) is 5.92 Å². The Morgan fingerprint density at radius 2 is 2.18 bits per heavy atom. The third-order valence-corrected chi connectivity index (χ3v) is 7.52. The number of fused-ring (bicyclic) bond motifs is 1. The van der Waals surface area contributed by atoms with Crippen molar-refractivity contribution in [3.05, 3.63) is 53.1 Å². The van der Waals surface area contributed by atoms with Crippen molar-refractivity contribution in [1.29, 1.82) is 0 Å². The van der Waals surface area contributed by atoms with Gasteiger partial charge in [0.15, 0.2) is 0 Å². The zero-order chi connectivity index (χ0) is 22.9. The Morgan fingerprint density at radius 1 is 1.30 bits per heavy atom. The molecule has 8 nitrogen and oxygen atoms in total. The van der Waals surface area contributed by atoms with E-state index in [-0.39, 0.29) is 12.1 Å². The van der Waals surface area contributed by atoms with Gasteiger partial charge in [-0.2, -0.15) is 0 Å². The minimum atomic E-state index is -0.290. The summed E-state index contributed by atoms with van der Waals surface area (Å²) in [5, 5.41) is 9.87. The number of aromatic amines is 1. The SMILES string of the molecule is CCc1cc(O)ccc1C1CCC2C(C1)NNC2c1ncc(C2=CCCN(C(=O)OC)C2)[nH]1. The van der Waals surface area contributed by atoms with Gasteiger partial charge in [-0.25, -0.2) is 15.2 Å². The van der Waals surface area contributed by atoms with Crippen molar-refractivity contribution < 1.29 is 14.6 Å². The Kier molecular flexibility index (Phi) is 6.12. The Hall–Kier alpha value is -2.84. The van der Waals surface area contributed by atoms with Crippen LogP contribution in [0.15, 0.2) is 30.5 Å². The summed E-state index contributed by atoms with van der Waals surface area (Å²) in [5.74, 6) is 2.26. The van der Waals surface area contributed by atoms with Crippen LogP contribution in [0.3, 0.4) is 0 Å². The highest BCUT2D eigenvalue weighted by Crippen LogP contribution is 2.44. The molecular weight excluding hydrogens is 418 g/mol. The first-order chi connectivity index (χ1) is 16.1. The molecule has 3 aliphatic rings. The lowest BCUT2D eigenvalue weighted by molar-refractivity contribution is 0.128. The molecule has 3 heterocycles. The number of aromatic nitrogens is 2. The van der Waals surface area contributed by atoms with E-state index in [2.05, 4.69) is 34.9 Å². The van der Waals surface area contributed by atoms with E-state index in [1.54, 1.807) is 4.90 Å². The van der Waals surface area contributed by atoms with Crippen molar-refractivity contribution in [1.82, 2.24) is 25.7 Å². The topological polar surface area (TPSA) is 103 Å². The molecule has 0 radical (unpaired) electrons. The molecule has 176 valence electrons. The molecule has 0 spiro atoms. The Balaban J connectivity index is 1.27. The second-order valence-corrected chi connectivity index (χ2v) is 9.38. The molecule has 2 aliphatic heterocycles. The number of rotatable bonds is 4. The van der Waals surface area contributed by atoms with Crippen LogP contribution in [0.5, 0.6) is 5.75 Å². The molecule has 1 aromatic heterocycles. The fraction of sp³-hybridized carbons (Fsp3) is 0.520. The van der Waals surface area contributed by atoms with E-state index in [0.29, 0.717) is 36.7 Å². The van der Waals surface area contributed by atoms with Crippen LogP contribution in [0.25, 0.3) is 5.57 Å². The number of methoxy groups -OCH3 is 1. The molecule has 8 heteroatoms. The number of amides is 1. The number of hydrazine groups is 1. The summed E-state index contributed by atoms with van der Waals surface area (Å²) in [4.78, 5) is 21.9. The van der Waals surface area contributed by atoms with Crippen molar-refractivity contribution >= 4 is 11.7 Å². The number of phenolic OH excluding ortho intramolecular Hbond substituents is 1. The van der Waals surface area contributed by atoms with Gasteiger partial charge in [0.25, 0.3) is 0 Å². The molecule has 33 heavy (non-hydrogen) atoms. The molecule has 2 aromatic rings. The summed E-state index contributed by atoms with van der Waals surface area (Å²) >= 11 is 0. The van der Waals surface area contributed by atoms with Crippen LogP contribution in [0.1, 0.15) is 67.2 Å². The molecule has 1 aliphatic carbocycles. The number of nitrogens with zero attached hydrogens (tertiary/aromatic N) is 2. The minimum absolute atomic E-state index is 0.135. The van der Waals surface area contributed by atoms with Crippen LogP contribution in [0.4, 0.5) is 4.79 Å². The molecule has 4 N–H and O–H groups in total. The molecule has 4 unspecified atom stereocenters. The highest BCUT2D eigenvalue weighted by Gasteiger charge is 2.42. The lowest BCUT2D eigenvalue weighted by Crippen LogP contribution is -2.35. The fourth-order valence-electron chi connectivity index (χ4n) is 5.79. The summed E-state index contributed by atoms with van der Waals surface area (Å²) in [5.41, 5.74) is 11.7. The van der Waals surface area contributed by atoms with E-state index in [4.69, 9.17) is 9.72 Å². The Morgan fingerprint density at radius 3 is 3.00 bits per heavy atom. The normalized spacial score (nSPS) is 27.2. The first-order valence-electron chi connectivity index (χ1n) is 12.0. The summed E-state index contributed by atoms with van der Waals surface area (Å²) in [6.45, 7) is 3.36. The number of hydrogen-bond donors (Lipinski definition) is 4. The maximum absolute atomic E-state index is 11.9. The van der Waals surface area contributed by atoms with E-state index >= 15 is 0 Å². The maximum atomic E-state index is 11.9. The second kappa shape index (κ2) is 9.19. The molecular formula is C25H33N5O3. The first kappa shape index (κ1) is 22.0. The van der Waals surface area contributed by atoms with Crippen LogP contribution >= 0.6 is 0 Å². The molecule has 2 fully saturated rings. The van der Waals surface area contributed by atoms with Crippen molar-refractivity contribution in [3.63, 3.8) is 0 Å². The number of carbonyl (C=O) groups is 1. The highest BCUT2D eigenvalue weighted by atomic mass is 16.5. The molecule has 1 saturated heterocycles. The zero-order valence-electron chi connectivity index (χ0n) is 19.3. The number of H-pyrrole nitrogens is 1. The summed E-state index contributed by atoms with van der Waals surface area (Å²) in [6.07, 6.45) is 8.82. The van der Waals surface area contributed by atoms with Gasteiger partial charge in [-0.3, -0.25) is 5.43 Å². The molecule has 4 atom stereocenters. The number of phenols is 1. The summed E-state index contributed by atoms with van der Waals surface area (Å²) in [7, 11) is 1.42. The van der Waals surface area contributed by atoms with Crippen molar-refractivity contribution in [2.24, 2.45) is 5.92 Å². The van der Waals surface area contributed by atoms with Crippen molar-refractivity contribution in [3.8, 4) is 5.75 Å². The average Bonchev–Trinajstić information content (AvgIpc) is 3.50. The van der Waals surface area contributed by atoms with E-state index < -0.39 is 0 Å². The first-order valence-corrected chi connectivity index (χ1v) is 12.0. The predicted octanol–water partition coefficient (Wildman–Crippen LogP) is 3.63. The highest BCUT2D eigenvalue weighted by molar-refractivity contribution is 5.73. The van der Waals surface area contributed by atoms with Gasteiger partial charge < -0.3 is 19.7 Å². The number of ether oxygens (including phenoxy) is 1. The number of hydrogen-bond acceptors (Lipinski definition) is 6. The van der Waals surface area contributed by atoms with Gasteiger partial charge in [-0.15, -0.1) is 0 Å². The van der Waals surface area contributed by atoms with Crippen molar-refractivity contribution in [2.45, 2.75) is 57.0 Å². The van der Waals surface area contributed by atoms with Crippen molar-refractivity contribution in [2.75, 3.05) is 20.2 Å². The monoisotopic (exact) mass is 451 g/mol. The zero-order valence-corrected chi connectivity index (χ0v) is 19.3. The number of aromatic hydroxyl groups is 1. The van der Waals surface area contributed by atoms with Gasteiger partial charge >= 0.3 is 6.09 Å². The van der Waals surface area contributed by atoms with Gasteiger partial charge in [0.05, 0.1) is 31.6 Å². The van der Waals surface area contributed by atoms with Gasteiger partial charge in [0.1, 0.15) is 11.6 Å². The van der Waals surface area contributed by atoms with Gasteiger partial charge in [-0.1, -0.05) is 19.1 Å². The number of aryl methyl sites for hydroxylation is 1. The molecule has 5 rings (SSSR count). The van der Waals surface area contributed by atoms with Gasteiger partial charge in [-0.05, 0) is 72.8 Å². The van der Waals surface area contributed by atoms with Gasteiger partial charge in [0.2, 0.25) is 0 Å². The Labute approximate surface area is 194 Å². The Bertz CT molecular complexity index is 1050. The minimum Gasteiger partial charge on any atom is -0.508 e. The largest absolute Gasteiger partial charge is 0.508 e. The smallest absolute Gasteiger partial charge is 0.409 e. The van der Waals surface area contributed by atoms with E-state index in [0.717, 1.165) is 49.2 Å². The summed E-state index contributed by atoms with van der Waals surface area (Å²) in [6, 6.07) is 6.35. The average molecular weight is 452 g/mol. The number of imidazole rings is 1. The second-order valence-electron chi connectivity index (χ2n) is 9.38. The number of nitrogens with one attached hydrogen (secondary N) is 3. The predicted molar refractivity (Wildman–Crippen MR) is 126 cm³/mol. The molecule has 1 aromatic carbocycles. The standard InChI is InChI=1S/C25H33N5O3/c1-3-15-11-18(31)7-9-19(15)16-6-8-20-21(12-16)28-29-23(20)24-26-13-22(27-24)17-5-4-10-30(14-17)25(32)33-2/h5,7,9,11,13,16,20-21,23,28-29,31H,3-4,6,8,10,12,14H2,1-2H3,(H,26,27). The summed E-state index contributed by atoms with van der Waals surface area (Å²) < 4.78 is 4.88. The van der Waals surface area contributed by atoms with Crippen LogP contribution < -0.4 is 10.9 Å². The number of carbonyl (C=O) groups excluding carboxylic acids is 1. The molecule has 0 bridgehead atoms. The molecule has 1 saturated carbocycles. The van der Waals surface area contributed by atoms with E-state index in [1.165, 1.54) is 18.2 Å². The third-order valence-electron chi connectivity index (χ3n) is 7.52. The third kappa shape index (κ3) is 4.25. The lowest BCUT2D eigenvalue weighted by Gasteiger charge is -2.33. The van der Waals surface area contributed by atoms with Crippen LogP contribution in [-0.2, 0) is 11.2 Å². The van der Waals surface area contributed by atoms with E-state index in [1.807, 2.05) is 18.3 Å². The quantitative estimate of drug-likeness (QED) is 0.566. The van der Waals surface area contributed by atoms with Crippen LogP contribution in [0.2, 0.25) is 0 Å². The van der Waals surface area contributed by atoms with Crippen LogP contribution in [-0.4, -0.2) is 52.3 Å².